The number of rotatable bonds is 6. The zero-order valence-corrected chi connectivity index (χ0v) is 15.5. The zero-order valence-electron chi connectivity index (χ0n) is 15.5. The molecule has 2 heterocycles. The first-order valence-corrected chi connectivity index (χ1v) is 8.91. The van der Waals surface area contributed by atoms with E-state index in [9.17, 15) is 9.59 Å². The number of likely N-dealkylation sites (N-methyl/N-ethyl adjacent to an activating group) is 1. The molecule has 2 aliphatic rings. The van der Waals surface area contributed by atoms with E-state index in [0.29, 0.717) is 5.56 Å². The minimum atomic E-state index is -0.250. The highest BCUT2D eigenvalue weighted by molar-refractivity contribution is 5.78. The molecular formula is C17H29N5O4. The molecule has 4 N–H and O–H groups in total. The van der Waals surface area contributed by atoms with Crippen LogP contribution in [0.25, 0.3) is 0 Å². The van der Waals surface area contributed by atoms with Crippen LogP contribution in [0.3, 0.4) is 0 Å². The zero-order chi connectivity index (χ0) is 19.2. The molecule has 9 heteroatoms. The fourth-order valence-electron chi connectivity index (χ4n) is 3.24. The third kappa shape index (κ3) is 5.70. The van der Waals surface area contributed by atoms with Crippen LogP contribution in [0.4, 0.5) is 0 Å². The number of aryl methyl sites for hydroxylation is 1. The fourth-order valence-corrected chi connectivity index (χ4v) is 3.24. The van der Waals surface area contributed by atoms with Gasteiger partial charge in [-0.3, -0.25) is 19.5 Å². The molecule has 0 radical (unpaired) electrons. The van der Waals surface area contributed by atoms with Gasteiger partial charge in [0.05, 0.1) is 6.42 Å². The molecule has 1 aliphatic carbocycles. The topological polar surface area (TPSA) is 122 Å². The van der Waals surface area contributed by atoms with Crippen LogP contribution in [0.1, 0.15) is 24.1 Å². The quantitative estimate of drug-likeness (QED) is 0.498. The monoisotopic (exact) mass is 367 g/mol. The minimum absolute atomic E-state index is 0.0668. The summed E-state index contributed by atoms with van der Waals surface area (Å²) in [4.78, 5) is 37.0. The van der Waals surface area contributed by atoms with Crippen molar-refractivity contribution < 1.29 is 14.7 Å². The summed E-state index contributed by atoms with van der Waals surface area (Å²) in [6.45, 7) is 7.82. The molecule has 0 unspecified atom stereocenters. The summed E-state index contributed by atoms with van der Waals surface area (Å²) < 4.78 is 0. The van der Waals surface area contributed by atoms with Crippen LogP contribution < -0.4 is 10.9 Å². The predicted molar refractivity (Wildman–Crippen MR) is 97.2 cm³/mol. The number of carbonyl (C=O) groups excluding carboxylic acids is 1. The second-order valence-electron chi connectivity index (χ2n) is 7.32. The Morgan fingerprint density at radius 2 is 1.88 bits per heavy atom. The lowest BCUT2D eigenvalue weighted by Crippen LogP contribution is -2.48. The summed E-state index contributed by atoms with van der Waals surface area (Å²) in [5.41, 5.74) is 1.33. The fraction of sp³-hybridized carbons (Fsp3) is 0.706. The highest BCUT2D eigenvalue weighted by Gasteiger charge is 2.44. The number of hydrogen-bond acceptors (Lipinski definition) is 5. The molecule has 1 amide bonds. The molecule has 26 heavy (non-hydrogen) atoms. The largest absolute Gasteiger partial charge is 0.483 e. The van der Waals surface area contributed by atoms with Crippen molar-refractivity contribution in [1.29, 1.82) is 0 Å². The van der Waals surface area contributed by atoms with Gasteiger partial charge in [0.1, 0.15) is 0 Å². The molecule has 146 valence electrons. The maximum Gasteiger partial charge on any atom is 0.290 e. The number of carboxylic acid groups (broad SMARTS) is 1. The molecule has 2 fully saturated rings. The first-order valence-electron chi connectivity index (χ1n) is 8.91. The second kappa shape index (κ2) is 9.00. The van der Waals surface area contributed by atoms with Crippen LogP contribution in [0.15, 0.2) is 4.79 Å². The third-order valence-electron chi connectivity index (χ3n) is 5.20. The van der Waals surface area contributed by atoms with Crippen LogP contribution in [-0.2, 0) is 16.0 Å². The van der Waals surface area contributed by atoms with Gasteiger partial charge in [-0.25, -0.2) is 0 Å². The molecule has 3 rings (SSSR count). The Hall–Kier alpha value is -2.13. The van der Waals surface area contributed by atoms with Crippen molar-refractivity contribution >= 4 is 12.4 Å². The number of aromatic amines is 2. The summed E-state index contributed by atoms with van der Waals surface area (Å²) >= 11 is 0. The van der Waals surface area contributed by atoms with Gasteiger partial charge in [-0.2, -0.15) is 0 Å². The van der Waals surface area contributed by atoms with Gasteiger partial charge >= 0.3 is 0 Å². The Balaban J connectivity index is 0.000000758. The maximum absolute atomic E-state index is 12.1. The van der Waals surface area contributed by atoms with Crippen LogP contribution in [0, 0.1) is 12.3 Å². The Morgan fingerprint density at radius 3 is 2.38 bits per heavy atom. The van der Waals surface area contributed by atoms with Crippen molar-refractivity contribution in [2.45, 2.75) is 26.2 Å². The minimum Gasteiger partial charge on any atom is -0.483 e. The van der Waals surface area contributed by atoms with Gasteiger partial charge in [0.25, 0.3) is 12.0 Å². The van der Waals surface area contributed by atoms with Gasteiger partial charge in [-0.05, 0) is 26.8 Å². The van der Waals surface area contributed by atoms with Gasteiger partial charge in [-0.15, -0.1) is 0 Å². The lowest BCUT2D eigenvalue weighted by molar-refractivity contribution is -0.123. The van der Waals surface area contributed by atoms with E-state index in [1.54, 1.807) is 6.92 Å². The van der Waals surface area contributed by atoms with Crippen molar-refractivity contribution in [3.63, 3.8) is 0 Å². The normalized spacial score (nSPS) is 19.3. The number of piperazine rings is 1. The Labute approximate surface area is 152 Å². The Bertz CT molecular complexity index is 656. The van der Waals surface area contributed by atoms with Crippen molar-refractivity contribution in [2.24, 2.45) is 5.41 Å². The van der Waals surface area contributed by atoms with E-state index in [0.717, 1.165) is 45.0 Å². The predicted octanol–water partition coefficient (Wildman–Crippen LogP) is -0.601. The van der Waals surface area contributed by atoms with Crippen LogP contribution in [0.5, 0.6) is 0 Å². The van der Waals surface area contributed by atoms with Crippen LogP contribution in [0.2, 0.25) is 0 Å². The molecule has 9 nitrogen and oxygen atoms in total. The maximum atomic E-state index is 12.1. The lowest BCUT2D eigenvalue weighted by Gasteiger charge is -2.34. The molecule has 0 aromatic carbocycles. The Kier molecular flexibility index (Phi) is 6.98. The number of nitrogens with one attached hydrogen (secondary N) is 3. The molecule has 1 aliphatic heterocycles. The average molecular weight is 367 g/mol. The van der Waals surface area contributed by atoms with Crippen molar-refractivity contribution in [3.8, 4) is 0 Å². The number of H-pyrrole nitrogens is 2. The van der Waals surface area contributed by atoms with E-state index in [4.69, 9.17) is 9.90 Å². The SMILES string of the molecule is Cc1[nH][nH]c(=O)c1CC(=O)NCC1(CN2CCN(C)CC2)CC1.O=CO. The standard InChI is InChI=1S/C16H27N5O2.CH2O2/c1-12-13(15(23)19-18-12)9-14(22)17-10-16(3-4-16)11-21-7-5-20(2)6-8-21;2-1-3/h3-11H2,1-2H3,(H,17,22)(H2,18,19,23);1H,(H,2,3). The highest BCUT2D eigenvalue weighted by atomic mass is 16.3. The second-order valence-corrected chi connectivity index (χ2v) is 7.32. The molecule has 1 saturated carbocycles. The smallest absolute Gasteiger partial charge is 0.290 e. The van der Waals surface area contributed by atoms with Crippen LogP contribution >= 0.6 is 0 Å². The van der Waals surface area contributed by atoms with Gasteiger partial charge in [0.2, 0.25) is 5.91 Å². The highest BCUT2D eigenvalue weighted by Crippen LogP contribution is 2.45. The van der Waals surface area contributed by atoms with E-state index >= 15 is 0 Å². The van der Waals surface area contributed by atoms with Gasteiger partial charge in [-0.1, -0.05) is 0 Å². The van der Waals surface area contributed by atoms with Crippen molar-refractivity contribution in [3.05, 3.63) is 21.6 Å². The number of carbonyl (C=O) groups is 2. The van der Waals surface area contributed by atoms with Gasteiger partial charge in [0.15, 0.2) is 0 Å². The summed E-state index contributed by atoms with van der Waals surface area (Å²) in [5.74, 6) is -0.0668. The number of hydrogen-bond donors (Lipinski definition) is 4. The van der Waals surface area contributed by atoms with E-state index in [2.05, 4.69) is 32.4 Å². The summed E-state index contributed by atoms with van der Waals surface area (Å²) in [7, 11) is 2.16. The van der Waals surface area contributed by atoms with E-state index in [-0.39, 0.29) is 29.8 Å². The van der Waals surface area contributed by atoms with Gasteiger partial charge < -0.3 is 25.3 Å². The van der Waals surface area contributed by atoms with Gasteiger partial charge in [0, 0.05) is 55.9 Å². The number of nitrogens with zero attached hydrogens (tertiary/aromatic N) is 2. The Morgan fingerprint density at radius 1 is 1.27 bits per heavy atom. The van der Waals surface area contributed by atoms with E-state index in [1.165, 1.54) is 12.8 Å². The summed E-state index contributed by atoms with van der Waals surface area (Å²) in [6, 6.07) is 0. The molecule has 1 aromatic heterocycles. The summed E-state index contributed by atoms with van der Waals surface area (Å²) in [5, 5.41) is 15.2. The molecule has 1 saturated heterocycles. The lowest BCUT2D eigenvalue weighted by atomic mass is 10.1. The van der Waals surface area contributed by atoms with E-state index < -0.39 is 0 Å². The average Bonchev–Trinajstić information content (AvgIpc) is 3.31. The summed E-state index contributed by atoms with van der Waals surface area (Å²) in [6.07, 6.45) is 2.52. The van der Waals surface area contributed by atoms with Crippen molar-refractivity contribution in [1.82, 2.24) is 25.3 Å². The van der Waals surface area contributed by atoms with Crippen molar-refractivity contribution in [2.75, 3.05) is 46.3 Å². The first kappa shape index (κ1) is 20.2. The van der Waals surface area contributed by atoms with E-state index in [1.807, 2.05) is 0 Å². The molecular weight excluding hydrogens is 338 g/mol. The van der Waals surface area contributed by atoms with Crippen LogP contribution in [-0.4, -0.2) is 83.8 Å². The molecule has 0 bridgehead atoms. The number of aromatic nitrogens is 2. The molecule has 1 aromatic rings. The molecule has 0 spiro atoms. The molecule has 0 atom stereocenters. The third-order valence-corrected chi connectivity index (χ3v) is 5.20. The first-order chi connectivity index (χ1) is 12.4. The number of amides is 1.